The summed E-state index contributed by atoms with van der Waals surface area (Å²) in [6.07, 6.45) is 4.53. The van der Waals surface area contributed by atoms with E-state index < -0.39 is 0 Å². The molecule has 0 radical (unpaired) electrons. The first-order valence-corrected chi connectivity index (χ1v) is 11.9. The van der Waals surface area contributed by atoms with Gasteiger partial charge in [0.1, 0.15) is 5.56 Å². The number of amides is 1. The van der Waals surface area contributed by atoms with Crippen LogP contribution in [-0.4, -0.2) is 33.7 Å². The van der Waals surface area contributed by atoms with Crippen molar-refractivity contribution < 1.29 is 9.53 Å². The van der Waals surface area contributed by atoms with Crippen molar-refractivity contribution in [2.24, 2.45) is 0 Å². The summed E-state index contributed by atoms with van der Waals surface area (Å²) in [5, 5.41) is 3.13. The zero-order valence-corrected chi connectivity index (χ0v) is 20.2. The molecule has 1 amide bonds. The number of carbonyl (C=O) groups is 1. The predicted molar refractivity (Wildman–Crippen MR) is 133 cm³/mol. The highest BCUT2D eigenvalue weighted by Crippen LogP contribution is 2.24. The highest BCUT2D eigenvalue weighted by Gasteiger charge is 2.31. The topological polar surface area (TPSA) is 73.2 Å². The van der Waals surface area contributed by atoms with E-state index in [0.717, 1.165) is 29.9 Å². The Hall–Kier alpha value is -3.25. The molecule has 1 aromatic carbocycles. The van der Waals surface area contributed by atoms with Crippen molar-refractivity contribution in [3.63, 3.8) is 0 Å². The molecule has 1 fully saturated rings. The second-order valence-corrected chi connectivity index (χ2v) is 9.64. The molecule has 3 aromatic rings. The SMILES string of the molecule is Cc1cc(=O)c(C(=O)N[C@H]2CCOC(C)(C)C2)c(CCc2ccccc2)n1Cc1ccccn1. The maximum absolute atomic E-state index is 13.5. The number of rotatable bonds is 7. The Morgan fingerprint density at radius 2 is 1.91 bits per heavy atom. The van der Waals surface area contributed by atoms with Gasteiger partial charge >= 0.3 is 0 Å². The van der Waals surface area contributed by atoms with E-state index in [9.17, 15) is 9.59 Å². The zero-order valence-electron chi connectivity index (χ0n) is 20.2. The molecule has 6 heteroatoms. The van der Waals surface area contributed by atoms with E-state index in [4.69, 9.17) is 4.74 Å². The number of aromatic nitrogens is 2. The van der Waals surface area contributed by atoms with E-state index in [2.05, 4.69) is 27.0 Å². The average Bonchev–Trinajstić information content (AvgIpc) is 2.80. The summed E-state index contributed by atoms with van der Waals surface area (Å²) in [4.78, 5) is 31.2. The van der Waals surface area contributed by atoms with Crippen LogP contribution >= 0.6 is 0 Å². The predicted octanol–water partition coefficient (Wildman–Crippen LogP) is 4.07. The summed E-state index contributed by atoms with van der Waals surface area (Å²) in [5.74, 6) is -0.300. The monoisotopic (exact) mass is 459 g/mol. The highest BCUT2D eigenvalue weighted by molar-refractivity contribution is 5.95. The molecule has 1 atom stereocenters. The molecule has 0 saturated carbocycles. The van der Waals surface area contributed by atoms with Crippen LogP contribution in [0, 0.1) is 6.92 Å². The lowest BCUT2D eigenvalue weighted by molar-refractivity contribution is -0.0615. The molecule has 0 spiro atoms. The van der Waals surface area contributed by atoms with Crippen LogP contribution in [0.2, 0.25) is 0 Å². The molecule has 34 heavy (non-hydrogen) atoms. The summed E-state index contributed by atoms with van der Waals surface area (Å²) < 4.78 is 7.86. The number of nitrogens with one attached hydrogen (secondary N) is 1. The molecule has 0 unspecified atom stereocenters. The van der Waals surface area contributed by atoms with Crippen LogP contribution in [0.15, 0.2) is 65.6 Å². The molecular weight excluding hydrogens is 426 g/mol. The van der Waals surface area contributed by atoms with Crippen molar-refractivity contribution in [2.45, 2.75) is 64.6 Å². The maximum Gasteiger partial charge on any atom is 0.257 e. The van der Waals surface area contributed by atoms with Crippen LogP contribution in [0.25, 0.3) is 0 Å². The third kappa shape index (κ3) is 5.81. The Morgan fingerprint density at radius 3 is 2.62 bits per heavy atom. The first kappa shape index (κ1) is 23.9. The number of benzene rings is 1. The van der Waals surface area contributed by atoms with Gasteiger partial charge in [0.2, 0.25) is 0 Å². The minimum absolute atomic E-state index is 0.0248. The van der Waals surface area contributed by atoms with Crippen LogP contribution in [0.5, 0.6) is 0 Å². The van der Waals surface area contributed by atoms with E-state index >= 15 is 0 Å². The Morgan fingerprint density at radius 1 is 1.15 bits per heavy atom. The van der Waals surface area contributed by atoms with E-state index in [1.165, 1.54) is 5.56 Å². The molecule has 6 nitrogen and oxygen atoms in total. The van der Waals surface area contributed by atoms with Gasteiger partial charge in [0.05, 0.1) is 17.8 Å². The van der Waals surface area contributed by atoms with Gasteiger partial charge in [-0.05, 0) is 64.2 Å². The molecule has 1 aliphatic heterocycles. The Labute approximate surface area is 201 Å². The molecule has 3 heterocycles. The van der Waals surface area contributed by atoms with Gasteiger partial charge in [-0.2, -0.15) is 0 Å². The van der Waals surface area contributed by atoms with Crippen molar-refractivity contribution in [1.29, 1.82) is 0 Å². The van der Waals surface area contributed by atoms with Crippen molar-refractivity contribution in [2.75, 3.05) is 6.61 Å². The summed E-state index contributed by atoms with van der Waals surface area (Å²) >= 11 is 0. The van der Waals surface area contributed by atoms with Gasteiger partial charge < -0.3 is 14.6 Å². The van der Waals surface area contributed by atoms with Crippen molar-refractivity contribution in [3.05, 3.63) is 99.2 Å². The molecule has 0 bridgehead atoms. The lowest BCUT2D eigenvalue weighted by atomic mass is 9.93. The van der Waals surface area contributed by atoms with Crippen LogP contribution in [-0.2, 0) is 24.1 Å². The van der Waals surface area contributed by atoms with Crippen LogP contribution in [0.4, 0.5) is 0 Å². The maximum atomic E-state index is 13.5. The van der Waals surface area contributed by atoms with E-state index in [1.54, 1.807) is 12.3 Å². The molecule has 0 aliphatic carbocycles. The van der Waals surface area contributed by atoms with E-state index in [1.807, 2.05) is 57.2 Å². The normalized spacial score (nSPS) is 17.3. The number of nitrogens with zero attached hydrogens (tertiary/aromatic N) is 2. The van der Waals surface area contributed by atoms with Gasteiger partial charge in [0.25, 0.3) is 5.91 Å². The van der Waals surface area contributed by atoms with Crippen molar-refractivity contribution >= 4 is 5.91 Å². The Kier molecular flexibility index (Phi) is 7.27. The molecule has 2 aromatic heterocycles. The molecule has 178 valence electrons. The second kappa shape index (κ2) is 10.3. The lowest BCUT2D eigenvalue weighted by Gasteiger charge is -2.35. The Balaban J connectivity index is 1.70. The molecule has 1 saturated heterocycles. The quantitative estimate of drug-likeness (QED) is 0.578. The van der Waals surface area contributed by atoms with E-state index in [0.29, 0.717) is 26.0 Å². The highest BCUT2D eigenvalue weighted by atomic mass is 16.5. The van der Waals surface area contributed by atoms with Crippen LogP contribution < -0.4 is 10.7 Å². The molecule has 1 N–H and O–H groups in total. The number of hydrogen-bond donors (Lipinski definition) is 1. The van der Waals surface area contributed by atoms with Gasteiger partial charge in [0, 0.05) is 36.3 Å². The van der Waals surface area contributed by atoms with Gasteiger partial charge in [-0.25, -0.2) is 0 Å². The van der Waals surface area contributed by atoms with Gasteiger partial charge in [-0.1, -0.05) is 36.4 Å². The van der Waals surface area contributed by atoms with Crippen LogP contribution in [0.1, 0.15) is 59.7 Å². The van der Waals surface area contributed by atoms with E-state index in [-0.39, 0.29) is 28.5 Å². The largest absolute Gasteiger partial charge is 0.375 e. The minimum Gasteiger partial charge on any atom is -0.375 e. The lowest BCUT2D eigenvalue weighted by Crippen LogP contribution is -2.47. The number of carbonyl (C=O) groups excluding carboxylic acids is 1. The van der Waals surface area contributed by atoms with Crippen LogP contribution in [0.3, 0.4) is 0 Å². The number of ether oxygens (including phenoxy) is 1. The zero-order chi connectivity index (χ0) is 24.1. The smallest absolute Gasteiger partial charge is 0.257 e. The minimum atomic E-state index is -0.300. The third-order valence-corrected chi connectivity index (χ3v) is 6.43. The summed E-state index contributed by atoms with van der Waals surface area (Å²) in [6.45, 7) is 7.07. The second-order valence-electron chi connectivity index (χ2n) is 9.64. The fourth-order valence-corrected chi connectivity index (χ4v) is 4.73. The van der Waals surface area contributed by atoms with Gasteiger partial charge in [-0.15, -0.1) is 0 Å². The van der Waals surface area contributed by atoms with Gasteiger partial charge in [-0.3, -0.25) is 14.6 Å². The number of hydrogen-bond acceptors (Lipinski definition) is 4. The Bertz CT molecular complexity index is 1190. The summed E-state index contributed by atoms with van der Waals surface area (Å²) in [6, 6.07) is 17.5. The molecule has 1 aliphatic rings. The number of pyridine rings is 2. The van der Waals surface area contributed by atoms with Crippen molar-refractivity contribution in [3.8, 4) is 0 Å². The summed E-state index contributed by atoms with van der Waals surface area (Å²) in [5.41, 5.74) is 3.33. The first-order chi connectivity index (χ1) is 16.3. The molecular formula is C28H33N3O3. The third-order valence-electron chi connectivity index (χ3n) is 6.43. The standard InChI is InChI=1S/C28H33N3O3/c1-20-17-25(32)26(27(33)30-22-14-16-34-28(2,3)18-22)24(13-12-21-9-5-4-6-10-21)31(20)19-23-11-7-8-15-29-23/h4-11,15,17,22H,12-14,16,18-19H2,1-3H3,(H,30,33)/t22-/m0/s1. The average molecular weight is 460 g/mol. The fourth-order valence-electron chi connectivity index (χ4n) is 4.73. The fraction of sp³-hybridized carbons (Fsp3) is 0.393. The molecule has 4 rings (SSSR count). The van der Waals surface area contributed by atoms with Gasteiger partial charge in [0.15, 0.2) is 5.43 Å². The first-order valence-electron chi connectivity index (χ1n) is 11.9. The summed E-state index contributed by atoms with van der Waals surface area (Å²) in [7, 11) is 0. The number of aryl methyl sites for hydroxylation is 2. The van der Waals surface area contributed by atoms with Crippen molar-refractivity contribution in [1.82, 2.24) is 14.9 Å².